The summed E-state index contributed by atoms with van der Waals surface area (Å²) in [6.45, 7) is 1.33. The van der Waals surface area contributed by atoms with Gasteiger partial charge in [0.25, 0.3) is 0 Å². The maximum absolute atomic E-state index is 10.6. The van der Waals surface area contributed by atoms with Gasteiger partial charge < -0.3 is 24.6 Å². The van der Waals surface area contributed by atoms with Gasteiger partial charge in [-0.2, -0.15) is 0 Å². The minimum atomic E-state index is -0.868. The lowest BCUT2D eigenvalue weighted by Crippen LogP contribution is -2.28. The van der Waals surface area contributed by atoms with Crippen LogP contribution in [0.5, 0.6) is 17.2 Å². The van der Waals surface area contributed by atoms with Crippen molar-refractivity contribution < 1.29 is 19.3 Å². The molecule has 1 heterocycles. The van der Waals surface area contributed by atoms with Crippen LogP contribution in [0.2, 0.25) is 0 Å². The Morgan fingerprint density at radius 1 is 1.11 bits per heavy atom. The largest absolute Gasteiger partial charge is 0.493 e. The van der Waals surface area contributed by atoms with Crippen LogP contribution >= 0.6 is 0 Å². The first-order chi connectivity index (χ1) is 8.64. The normalized spacial score (nSPS) is 22.9. The summed E-state index contributed by atoms with van der Waals surface area (Å²) in [7, 11) is 4.70. The highest BCUT2D eigenvalue weighted by Gasteiger charge is 2.34. The Morgan fingerprint density at radius 2 is 1.72 bits per heavy atom. The highest BCUT2D eigenvalue weighted by atomic mass is 16.5. The van der Waals surface area contributed by atoms with E-state index in [4.69, 9.17) is 14.2 Å². The first-order valence-electron chi connectivity index (χ1n) is 5.88. The lowest BCUT2D eigenvalue weighted by molar-refractivity contribution is 0.0581. The number of benzene rings is 1. The number of ether oxygens (including phenoxy) is 3. The second-order valence-corrected chi connectivity index (χ2v) is 4.37. The highest BCUT2D eigenvalue weighted by Crippen LogP contribution is 2.42. The third kappa shape index (κ3) is 2.11. The van der Waals surface area contributed by atoms with Gasteiger partial charge in [-0.1, -0.05) is 0 Å². The third-order valence-electron chi connectivity index (χ3n) is 3.33. The van der Waals surface area contributed by atoms with Crippen molar-refractivity contribution in [1.82, 2.24) is 5.32 Å². The fraction of sp³-hybridized carbons (Fsp3) is 0.538. The molecule has 1 atom stereocenters. The first kappa shape index (κ1) is 13.0. The molecule has 1 aliphatic heterocycles. The molecule has 1 aromatic rings. The number of β-amino-alcohol motifs (C(OH)–C–C–N with tert-alkyl or cyclic N) is 1. The van der Waals surface area contributed by atoms with Crippen LogP contribution in [0.25, 0.3) is 0 Å². The van der Waals surface area contributed by atoms with Crippen molar-refractivity contribution in [2.75, 3.05) is 34.4 Å². The van der Waals surface area contributed by atoms with Gasteiger partial charge in [-0.3, -0.25) is 0 Å². The van der Waals surface area contributed by atoms with Crippen molar-refractivity contribution in [1.29, 1.82) is 0 Å². The van der Waals surface area contributed by atoms with Gasteiger partial charge >= 0.3 is 0 Å². The Morgan fingerprint density at radius 3 is 2.11 bits per heavy atom. The van der Waals surface area contributed by atoms with Crippen molar-refractivity contribution in [3.8, 4) is 17.2 Å². The van der Waals surface area contributed by atoms with E-state index in [2.05, 4.69) is 5.32 Å². The van der Waals surface area contributed by atoms with Crippen LogP contribution < -0.4 is 19.5 Å². The third-order valence-corrected chi connectivity index (χ3v) is 3.33. The summed E-state index contributed by atoms with van der Waals surface area (Å²) in [6.07, 6.45) is 0.672. The topological polar surface area (TPSA) is 60.0 Å². The molecule has 0 bridgehead atoms. The average molecular weight is 253 g/mol. The molecule has 2 N–H and O–H groups in total. The zero-order valence-electron chi connectivity index (χ0n) is 10.9. The Hall–Kier alpha value is -1.46. The van der Waals surface area contributed by atoms with Gasteiger partial charge in [-0.05, 0) is 30.7 Å². The van der Waals surface area contributed by atoms with Crippen molar-refractivity contribution >= 4 is 0 Å². The lowest BCUT2D eigenvalue weighted by Gasteiger charge is -2.24. The second kappa shape index (κ2) is 5.04. The van der Waals surface area contributed by atoms with Crippen LogP contribution in [0.1, 0.15) is 12.0 Å². The molecule has 1 fully saturated rings. The Bertz CT molecular complexity index is 402. The summed E-state index contributed by atoms with van der Waals surface area (Å²) in [6, 6.07) is 3.60. The molecule has 5 nitrogen and oxygen atoms in total. The molecule has 0 radical (unpaired) electrons. The smallest absolute Gasteiger partial charge is 0.203 e. The number of hydrogen-bond acceptors (Lipinski definition) is 5. The Kier molecular flexibility index (Phi) is 3.63. The van der Waals surface area contributed by atoms with E-state index >= 15 is 0 Å². The molecular formula is C13H19NO4. The zero-order valence-corrected chi connectivity index (χ0v) is 10.9. The summed E-state index contributed by atoms with van der Waals surface area (Å²) in [5.41, 5.74) is -0.0886. The standard InChI is InChI=1S/C13H19NO4/c1-16-10-6-9(13(15)4-5-14-8-13)7-11(17-2)12(10)18-3/h6-7,14-15H,4-5,8H2,1-3H3. The van der Waals surface area contributed by atoms with Gasteiger partial charge in [0.1, 0.15) is 5.60 Å². The zero-order chi connectivity index (χ0) is 13.2. The second-order valence-electron chi connectivity index (χ2n) is 4.37. The van der Waals surface area contributed by atoms with Gasteiger partial charge in [0.2, 0.25) is 5.75 Å². The van der Waals surface area contributed by atoms with Crippen LogP contribution in [0, 0.1) is 0 Å². The highest BCUT2D eigenvalue weighted by molar-refractivity contribution is 5.55. The Labute approximate surface area is 107 Å². The van der Waals surface area contributed by atoms with Crippen LogP contribution in [-0.2, 0) is 5.60 Å². The van der Waals surface area contributed by atoms with E-state index in [9.17, 15) is 5.11 Å². The monoisotopic (exact) mass is 253 g/mol. The molecule has 1 unspecified atom stereocenters. The number of nitrogens with one attached hydrogen (secondary N) is 1. The predicted octanol–water partition coefficient (Wildman–Crippen LogP) is 0.893. The quantitative estimate of drug-likeness (QED) is 0.834. The van der Waals surface area contributed by atoms with Crippen LogP contribution in [0.15, 0.2) is 12.1 Å². The lowest BCUT2D eigenvalue weighted by atomic mass is 9.92. The first-order valence-corrected chi connectivity index (χ1v) is 5.88. The van der Waals surface area contributed by atoms with Gasteiger partial charge in [0, 0.05) is 6.54 Å². The fourth-order valence-electron chi connectivity index (χ4n) is 2.27. The number of methoxy groups -OCH3 is 3. The van der Waals surface area contributed by atoms with Gasteiger partial charge in [0.15, 0.2) is 11.5 Å². The van der Waals surface area contributed by atoms with E-state index in [1.54, 1.807) is 33.5 Å². The molecule has 18 heavy (non-hydrogen) atoms. The molecule has 0 saturated carbocycles. The average Bonchev–Trinajstić information content (AvgIpc) is 2.85. The number of rotatable bonds is 4. The summed E-state index contributed by atoms with van der Waals surface area (Å²) in [5, 5.41) is 13.7. The van der Waals surface area contributed by atoms with Crippen LogP contribution in [-0.4, -0.2) is 39.5 Å². The van der Waals surface area contributed by atoms with E-state index in [1.807, 2.05) is 0 Å². The van der Waals surface area contributed by atoms with Gasteiger partial charge in [-0.15, -0.1) is 0 Å². The fourth-order valence-corrected chi connectivity index (χ4v) is 2.27. The number of hydrogen-bond donors (Lipinski definition) is 2. The molecule has 1 saturated heterocycles. The van der Waals surface area contributed by atoms with Gasteiger partial charge in [0.05, 0.1) is 21.3 Å². The summed E-state index contributed by atoms with van der Waals surface area (Å²) < 4.78 is 15.8. The molecule has 0 aliphatic carbocycles. The number of aliphatic hydroxyl groups is 1. The molecule has 0 aromatic heterocycles. The van der Waals surface area contributed by atoms with Crippen molar-refractivity contribution in [2.24, 2.45) is 0 Å². The minimum Gasteiger partial charge on any atom is -0.493 e. The van der Waals surface area contributed by atoms with E-state index in [0.717, 1.165) is 12.1 Å². The van der Waals surface area contributed by atoms with E-state index < -0.39 is 5.60 Å². The van der Waals surface area contributed by atoms with Crippen molar-refractivity contribution in [2.45, 2.75) is 12.0 Å². The molecule has 0 spiro atoms. The summed E-state index contributed by atoms with van der Waals surface area (Å²) in [5.74, 6) is 1.66. The van der Waals surface area contributed by atoms with Crippen LogP contribution in [0.4, 0.5) is 0 Å². The van der Waals surface area contributed by atoms with E-state index in [0.29, 0.717) is 30.2 Å². The van der Waals surface area contributed by atoms with Crippen molar-refractivity contribution in [3.63, 3.8) is 0 Å². The molecular weight excluding hydrogens is 234 g/mol. The molecule has 2 rings (SSSR count). The van der Waals surface area contributed by atoms with E-state index in [1.165, 1.54) is 0 Å². The Balaban J connectivity index is 2.49. The maximum atomic E-state index is 10.6. The predicted molar refractivity (Wildman–Crippen MR) is 67.5 cm³/mol. The SMILES string of the molecule is COc1cc(C2(O)CCNC2)cc(OC)c1OC. The van der Waals surface area contributed by atoms with E-state index in [-0.39, 0.29) is 0 Å². The summed E-state index contributed by atoms with van der Waals surface area (Å²) in [4.78, 5) is 0. The van der Waals surface area contributed by atoms with Crippen LogP contribution in [0.3, 0.4) is 0 Å². The summed E-state index contributed by atoms with van der Waals surface area (Å²) >= 11 is 0. The minimum absolute atomic E-state index is 0.533. The molecule has 100 valence electrons. The molecule has 1 aromatic carbocycles. The van der Waals surface area contributed by atoms with Crippen molar-refractivity contribution in [3.05, 3.63) is 17.7 Å². The molecule has 0 amide bonds. The maximum Gasteiger partial charge on any atom is 0.203 e. The molecule has 5 heteroatoms. The van der Waals surface area contributed by atoms with Gasteiger partial charge in [-0.25, -0.2) is 0 Å². The molecule has 1 aliphatic rings.